The molecule has 0 aromatic rings. The van der Waals surface area contributed by atoms with Gasteiger partial charge in [0.2, 0.25) is 0 Å². The number of carbonyl (C=O) groups is 1. The number of rotatable bonds is 5. The largest absolute Gasteiger partial charge is 0.469 e. The Hall–Kier alpha value is -0.610. The summed E-state index contributed by atoms with van der Waals surface area (Å²) in [6, 6.07) is 0.361. The van der Waals surface area contributed by atoms with Crippen LogP contribution in [0.15, 0.2) is 0 Å². The van der Waals surface area contributed by atoms with Gasteiger partial charge in [0.15, 0.2) is 0 Å². The van der Waals surface area contributed by atoms with Gasteiger partial charge in [0.25, 0.3) is 0 Å². The maximum Gasteiger partial charge on any atom is 0.305 e. The summed E-state index contributed by atoms with van der Waals surface area (Å²) in [6.07, 6.45) is 5.77. The van der Waals surface area contributed by atoms with Crippen molar-refractivity contribution in [1.82, 2.24) is 0 Å². The van der Waals surface area contributed by atoms with E-state index in [0.29, 0.717) is 25.2 Å². The fourth-order valence-electron chi connectivity index (χ4n) is 1.82. The molecule has 0 amide bonds. The molecule has 1 fully saturated rings. The van der Waals surface area contributed by atoms with Gasteiger partial charge in [0.05, 0.1) is 13.2 Å². The lowest BCUT2D eigenvalue weighted by atomic mass is 9.94. The highest BCUT2D eigenvalue weighted by atomic mass is 16.5. The number of carbonyl (C=O) groups excluding carboxylic acids is 1. The molecule has 88 valence electrons. The molecule has 0 spiro atoms. The first-order valence-electron chi connectivity index (χ1n) is 5.66. The van der Waals surface area contributed by atoms with E-state index in [4.69, 9.17) is 10.5 Å². The van der Waals surface area contributed by atoms with Gasteiger partial charge in [-0.15, -0.1) is 0 Å². The number of methoxy groups -OCH3 is 1. The summed E-state index contributed by atoms with van der Waals surface area (Å²) in [7, 11) is 1.41. The zero-order chi connectivity index (χ0) is 11.1. The van der Waals surface area contributed by atoms with Crippen LogP contribution in [0.25, 0.3) is 0 Å². The fourth-order valence-corrected chi connectivity index (χ4v) is 1.82. The number of hydrogen-bond acceptors (Lipinski definition) is 4. The summed E-state index contributed by atoms with van der Waals surface area (Å²) in [5, 5.41) is 0. The van der Waals surface area contributed by atoms with Crippen LogP contribution in [0.2, 0.25) is 0 Å². The molecule has 1 rings (SSSR count). The van der Waals surface area contributed by atoms with E-state index in [0.717, 1.165) is 32.1 Å². The summed E-state index contributed by atoms with van der Waals surface area (Å²) in [5.74, 6) is -0.163. The van der Waals surface area contributed by atoms with Gasteiger partial charge in [-0.1, -0.05) is 0 Å². The minimum absolute atomic E-state index is 0.163. The molecule has 4 nitrogen and oxygen atoms in total. The van der Waals surface area contributed by atoms with Crippen molar-refractivity contribution in [2.75, 3.05) is 13.7 Å². The number of hydrogen-bond donors (Lipinski definition) is 1. The Morgan fingerprint density at radius 3 is 2.60 bits per heavy atom. The van der Waals surface area contributed by atoms with Gasteiger partial charge in [-0.2, -0.15) is 0 Å². The Morgan fingerprint density at radius 2 is 2.00 bits per heavy atom. The maximum absolute atomic E-state index is 10.8. The van der Waals surface area contributed by atoms with Gasteiger partial charge in [-0.05, 0) is 32.1 Å². The van der Waals surface area contributed by atoms with E-state index in [-0.39, 0.29) is 5.97 Å². The van der Waals surface area contributed by atoms with Gasteiger partial charge in [-0.3, -0.25) is 4.79 Å². The molecule has 0 aliphatic heterocycles. The average molecular weight is 215 g/mol. The van der Waals surface area contributed by atoms with Crippen molar-refractivity contribution < 1.29 is 14.3 Å². The van der Waals surface area contributed by atoms with Crippen LogP contribution in [-0.2, 0) is 14.3 Å². The molecule has 2 N–H and O–H groups in total. The molecule has 0 aromatic carbocycles. The maximum atomic E-state index is 10.8. The third kappa shape index (κ3) is 5.14. The van der Waals surface area contributed by atoms with Gasteiger partial charge in [0.1, 0.15) is 0 Å². The van der Waals surface area contributed by atoms with Crippen molar-refractivity contribution >= 4 is 5.97 Å². The summed E-state index contributed by atoms with van der Waals surface area (Å²) < 4.78 is 10.2. The number of esters is 1. The Balaban J connectivity index is 1.98. The van der Waals surface area contributed by atoms with Crippen LogP contribution >= 0.6 is 0 Å². The smallest absolute Gasteiger partial charge is 0.305 e. The Morgan fingerprint density at radius 1 is 1.33 bits per heavy atom. The number of ether oxygens (including phenoxy) is 2. The highest BCUT2D eigenvalue weighted by molar-refractivity contribution is 5.68. The topological polar surface area (TPSA) is 61.5 Å². The van der Waals surface area contributed by atoms with E-state index in [9.17, 15) is 4.79 Å². The predicted molar refractivity (Wildman–Crippen MR) is 57.4 cm³/mol. The minimum Gasteiger partial charge on any atom is -0.469 e. The lowest BCUT2D eigenvalue weighted by molar-refractivity contribution is -0.141. The van der Waals surface area contributed by atoms with E-state index >= 15 is 0 Å². The zero-order valence-electron chi connectivity index (χ0n) is 9.41. The van der Waals surface area contributed by atoms with Gasteiger partial charge < -0.3 is 15.2 Å². The second-order valence-corrected chi connectivity index (χ2v) is 4.09. The zero-order valence-corrected chi connectivity index (χ0v) is 9.41. The molecule has 1 aliphatic carbocycles. The predicted octanol–water partition coefficient (Wildman–Crippen LogP) is 1.23. The van der Waals surface area contributed by atoms with Gasteiger partial charge >= 0.3 is 5.97 Å². The molecule has 0 aromatic heterocycles. The average Bonchev–Trinajstić information content (AvgIpc) is 2.26. The molecule has 4 heteroatoms. The second kappa shape index (κ2) is 6.80. The summed E-state index contributed by atoms with van der Waals surface area (Å²) in [5.41, 5.74) is 5.79. The van der Waals surface area contributed by atoms with E-state index in [2.05, 4.69) is 4.74 Å². The van der Waals surface area contributed by atoms with E-state index < -0.39 is 0 Å². The molecule has 0 heterocycles. The second-order valence-electron chi connectivity index (χ2n) is 4.09. The first-order chi connectivity index (χ1) is 7.22. The van der Waals surface area contributed by atoms with Crippen LogP contribution in [0, 0.1) is 0 Å². The molecule has 15 heavy (non-hydrogen) atoms. The van der Waals surface area contributed by atoms with Gasteiger partial charge in [-0.25, -0.2) is 0 Å². The third-order valence-corrected chi connectivity index (χ3v) is 2.83. The lowest BCUT2D eigenvalue weighted by Crippen LogP contribution is -2.30. The minimum atomic E-state index is -0.163. The van der Waals surface area contributed by atoms with E-state index in [1.807, 2.05) is 0 Å². The fraction of sp³-hybridized carbons (Fsp3) is 0.909. The molecule has 0 atom stereocenters. The third-order valence-electron chi connectivity index (χ3n) is 2.83. The molecule has 1 aliphatic rings. The van der Waals surface area contributed by atoms with Crippen LogP contribution < -0.4 is 5.73 Å². The summed E-state index contributed by atoms with van der Waals surface area (Å²) in [4.78, 5) is 10.8. The van der Waals surface area contributed by atoms with Crippen molar-refractivity contribution in [3.05, 3.63) is 0 Å². The molecule has 0 unspecified atom stereocenters. The standard InChI is InChI=1S/C11H21NO3/c1-14-11(13)3-2-8-15-10-6-4-9(12)5-7-10/h9-10H,2-8,12H2,1H3. The normalized spacial score (nSPS) is 26.3. The van der Waals surface area contributed by atoms with Crippen molar-refractivity contribution in [3.8, 4) is 0 Å². The van der Waals surface area contributed by atoms with Crippen LogP contribution in [0.5, 0.6) is 0 Å². The van der Waals surface area contributed by atoms with E-state index in [1.165, 1.54) is 7.11 Å². The SMILES string of the molecule is COC(=O)CCCOC1CCC(N)CC1. The molecule has 0 radical (unpaired) electrons. The van der Waals surface area contributed by atoms with Crippen molar-refractivity contribution in [2.24, 2.45) is 5.73 Å². The van der Waals surface area contributed by atoms with Crippen LogP contribution in [0.1, 0.15) is 38.5 Å². The molecular weight excluding hydrogens is 194 g/mol. The monoisotopic (exact) mass is 215 g/mol. The molecule has 0 bridgehead atoms. The molecular formula is C11H21NO3. The van der Waals surface area contributed by atoms with Crippen LogP contribution in [0.4, 0.5) is 0 Å². The van der Waals surface area contributed by atoms with Crippen molar-refractivity contribution in [3.63, 3.8) is 0 Å². The molecule has 1 saturated carbocycles. The quantitative estimate of drug-likeness (QED) is 0.553. The van der Waals surface area contributed by atoms with Crippen LogP contribution in [-0.4, -0.2) is 31.8 Å². The Bertz CT molecular complexity index is 188. The first kappa shape index (κ1) is 12.5. The van der Waals surface area contributed by atoms with Crippen LogP contribution in [0.3, 0.4) is 0 Å². The molecule has 0 saturated heterocycles. The summed E-state index contributed by atoms with van der Waals surface area (Å²) >= 11 is 0. The first-order valence-corrected chi connectivity index (χ1v) is 5.66. The highest BCUT2D eigenvalue weighted by Crippen LogP contribution is 2.19. The number of nitrogens with two attached hydrogens (primary N) is 1. The van der Waals surface area contributed by atoms with Crippen molar-refractivity contribution in [1.29, 1.82) is 0 Å². The van der Waals surface area contributed by atoms with Gasteiger partial charge in [0, 0.05) is 19.1 Å². The summed E-state index contributed by atoms with van der Waals surface area (Å²) in [6.45, 7) is 0.648. The van der Waals surface area contributed by atoms with E-state index in [1.54, 1.807) is 0 Å². The Labute approximate surface area is 91.1 Å². The lowest BCUT2D eigenvalue weighted by Gasteiger charge is -2.26. The highest BCUT2D eigenvalue weighted by Gasteiger charge is 2.18. The Kier molecular flexibility index (Phi) is 5.65. The van der Waals surface area contributed by atoms with Crippen molar-refractivity contribution in [2.45, 2.75) is 50.7 Å².